The van der Waals surface area contributed by atoms with Gasteiger partial charge in [0.2, 0.25) is 0 Å². The molecule has 6 heteroatoms. The van der Waals surface area contributed by atoms with E-state index in [1.807, 2.05) is 14.0 Å². The van der Waals surface area contributed by atoms with E-state index in [4.69, 9.17) is 4.74 Å². The molecule has 1 N–H and O–H groups in total. The predicted octanol–water partition coefficient (Wildman–Crippen LogP) is 1.35. The number of aliphatic hydroxyl groups is 1. The topological polar surface area (TPSA) is 48.8 Å². The SMILES string of the molecule is Cc1nc(CN(C)CC(O)CN2CC(C)OC(C)C2)cs1. The minimum Gasteiger partial charge on any atom is -0.390 e. The molecule has 3 unspecified atom stereocenters. The van der Waals surface area contributed by atoms with Crippen LogP contribution in [0.4, 0.5) is 0 Å². The van der Waals surface area contributed by atoms with E-state index in [-0.39, 0.29) is 18.3 Å². The lowest BCUT2D eigenvalue weighted by atomic mass is 10.2. The molecule has 0 saturated carbocycles. The number of aliphatic hydroxyl groups excluding tert-OH is 1. The van der Waals surface area contributed by atoms with Crippen LogP contribution in [0.1, 0.15) is 24.5 Å². The van der Waals surface area contributed by atoms with Crippen LogP contribution in [0, 0.1) is 6.92 Å². The van der Waals surface area contributed by atoms with E-state index in [0.717, 1.165) is 30.3 Å². The Morgan fingerprint density at radius 3 is 2.71 bits per heavy atom. The lowest BCUT2D eigenvalue weighted by Crippen LogP contribution is -2.49. The fourth-order valence-electron chi connectivity index (χ4n) is 2.97. The summed E-state index contributed by atoms with van der Waals surface area (Å²) in [7, 11) is 2.03. The first kappa shape index (κ1) is 16.8. The van der Waals surface area contributed by atoms with Gasteiger partial charge in [0, 0.05) is 38.1 Å². The molecule has 2 heterocycles. The van der Waals surface area contributed by atoms with Crippen molar-refractivity contribution in [2.45, 2.75) is 45.6 Å². The molecule has 0 aliphatic carbocycles. The van der Waals surface area contributed by atoms with Gasteiger partial charge in [-0.1, -0.05) is 0 Å². The van der Waals surface area contributed by atoms with E-state index < -0.39 is 0 Å². The van der Waals surface area contributed by atoms with Gasteiger partial charge in [-0.15, -0.1) is 11.3 Å². The molecule has 1 aliphatic heterocycles. The fourth-order valence-corrected chi connectivity index (χ4v) is 3.57. The first-order chi connectivity index (χ1) is 9.92. The third-order valence-corrected chi connectivity index (χ3v) is 4.41. The largest absolute Gasteiger partial charge is 0.390 e. The zero-order valence-corrected chi connectivity index (χ0v) is 14.3. The van der Waals surface area contributed by atoms with Gasteiger partial charge in [-0.2, -0.15) is 0 Å². The van der Waals surface area contributed by atoms with Crippen molar-refractivity contribution in [2.75, 3.05) is 33.2 Å². The summed E-state index contributed by atoms with van der Waals surface area (Å²) in [6.07, 6.45) is 0.153. The molecule has 3 atom stereocenters. The third-order valence-electron chi connectivity index (χ3n) is 3.59. The number of hydrogen-bond acceptors (Lipinski definition) is 6. The average Bonchev–Trinajstić information content (AvgIpc) is 2.72. The van der Waals surface area contributed by atoms with Crippen molar-refractivity contribution >= 4 is 11.3 Å². The summed E-state index contributed by atoms with van der Waals surface area (Å²) in [5.74, 6) is 0. The molecule has 1 fully saturated rings. The Kier molecular flexibility index (Phi) is 6.13. The summed E-state index contributed by atoms with van der Waals surface area (Å²) in [5, 5.41) is 13.5. The second-order valence-electron chi connectivity index (χ2n) is 6.18. The molecule has 5 nitrogen and oxygen atoms in total. The summed E-state index contributed by atoms with van der Waals surface area (Å²) in [4.78, 5) is 8.89. The van der Waals surface area contributed by atoms with Gasteiger partial charge in [-0.05, 0) is 27.8 Å². The number of hydrogen-bond donors (Lipinski definition) is 1. The number of morpholine rings is 1. The fraction of sp³-hybridized carbons (Fsp3) is 0.800. The lowest BCUT2D eigenvalue weighted by molar-refractivity contribution is -0.0777. The highest BCUT2D eigenvalue weighted by atomic mass is 32.1. The second-order valence-corrected chi connectivity index (χ2v) is 7.25. The van der Waals surface area contributed by atoms with Gasteiger partial charge in [0.15, 0.2) is 0 Å². The molecule has 1 aliphatic rings. The molecule has 120 valence electrons. The normalized spacial score (nSPS) is 25.4. The van der Waals surface area contributed by atoms with Gasteiger partial charge in [0.05, 0.1) is 29.0 Å². The standard InChI is InChI=1S/C15H27N3O2S/c1-11-5-18(6-12(2)20-11)9-15(19)8-17(4)7-14-10-21-13(3)16-14/h10-12,15,19H,5-9H2,1-4H3. The van der Waals surface area contributed by atoms with E-state index in [0.29, 0.717) is 13.1 Å². The predicted molar refractivity (Wildman–Crippen MR) is 85.6 cm³/mol. The van der Waals surface area contributed by atoms with E-state index in [1.165, 1.54) is 0 Å². The van der Waals surface area contributed by atoms with Gasteiger partial charge >= 0.3 is 0 Å². The maximum absolute atomic E-state index is 10.3. The van der Waals surface area contributed by atoms with Crippen molar-refractivity contribution in [3.63, 3.8) is 0 Å². The molecule has 0 spiro atoms. The number of β-amino-alcohol motifs (C(OH)–C–C–N with tert-alkyl or cyclic N) is 1. The van der Waals surface area contributed by atoms with Crippen molar-refractivity contribution in [1.82, 2.24) is 14.8 Å². The smallest absolute Gasteiger partial charge is 0.0897 e. The molecular weight excluding hydrogens is 286 g/mol. The Labute approximate surface area is 131 Å². The summed E-state index contributed by atoms with van der Waals surface area (Å²) < 4.78 is 5.72. The third kappa shape index (κ3) is 5.64. The van der Waals surface area contributed by atoms with Crippen LogP contribution in [-0.2, 0) is 11.3 Å². The van der Waals surface area contributed by atoms with Crippen LogP contribution >= 0.6 is 11.3 Å². The van der Waals surface area contributed by atoms with E-state index in [2.05, 4.69) is 34.0 Å². The van der Waals surface area contributed by atoms with Gasteiger partial charge in [-0.3, -0.25) is 9.80 Å². The molecule has 1 aromatic rings. The number of aromatic nitrogens is 1. The minimum absolute atomic E-state index is 0.247. The molecule has 0 bridgehead atoms. The van der Waals surface area contributed by atoms with Crippen molar-refractivity contribution < 1.29 is 9.84 Å². The molecule has 21 heavy (non-hydrogen) atoms. The lowest BCUT2D eigenvalue weighted by Gasteiger charge is -2.36. The second kappa shape index (κ2) is 7.65. The molecule has 1 saturated heterocycles. The maximum Gasteiger partial charge on any atom is 0.0897 e. The van der Waals surface area contributed by atoms with Crippen LogP contribution in [0.3, 0.4) is 0 Å². The minimum atomic E-state index is -0.341. The van der Waals surface area contributed by atoms with E-state index in [9.17, 15) is 5.11 Å². The van der Waals surface area contributed by atoms with Crippen LogP contribution < -0.4 is 0 Å². The number of ether oxygens (including phenoxy) is 1. The zero-order chi connectivity index (χ0) is 15.4. The van der Waals surface area contributed by atoms with E-state index in [1.54, 1.807) is 11.3 Å². The molecule has 2 rings (SSSR count). The molecule has 0 aromatic carbocycles. The monoisotopic (exact) mass is 313 g/mol. The van der Waals surface area contributed by atoms with Crippen molar-refractivity contribution in [1.29, 1.82) is 0 Å². The van der Waals surface area contributed by atoms with Crippen molar-refractivity contribution in [3.05, 3.63) is 16.1 Å². The highest BCUT2D eigenvalue weighted by Crippen LogP contribution is 2.12. The highest BCUT2D eigenvalue weighted by Gasteiger charge is 2.24. The van der Waals surface area contributed by atoms with Crippen molar-refractivity contribution in [3.8, 4) is 0 Å². The number of rotatable bonds is 6. The number of nitrogens with zero attached hydrogens (tertiary/aromatic N) is 3. The number of thiazole rings is 1. The Morgan fingerprint density at radius 2 is 2.14 bits per heavy atom. The van der Waals surface area contributed by atoms with Crippen LogP contribution in [0.2, 0.25) is 0 Å². The molecule has 1 aromatic heterocycles. The van der Waals surface area contributed by atoms with Gasteiger partial charge in [0.1, 0.15) is 0 Å². The molecule has 0 amide bonds. The molecule has 0 radical (unpaired) electrons. The summed E-state index contributed by atoms with van der Waals surface area (Å²) in [6.45, 7) is 10.2. The average molecular weight is 313 g/mol. The quantitative estimate of drug-likeness (QED) is 0.859. The number of aryl methyl sites for hydroxylation is 1. The van der Waals surface area contributed by atoms with Crippen LogP contribution in [0.25, 0.3) is 0 Å². The van der Waals surface area contributed by atoms with Crippen LogP contribution in [0.15, 0.2) is 5.38 Å². The number of likely N-dealkylation sites (N-methyl/N-ethyl adjacent to an activating group) is 1. The summed E-state index contributed by atoms with van der Waals surface area (Å²) in [6, 6.07) is 0. The Balaban J connectivity index is 1.74. The van der Waals surface area contributed by atoms with Crippen LogP contribution in [0.5, 0.6) is 0 Å². The van der Waals surface area contributed by atoms with Gasteiger partial charge in [-0.25, -0.2) is 4.98 Å². The first-order valence-corrected chi connectivity index (χ1v) is 8.45. The maximum atomic E-state index is 10.3. The Hall–Kier alpha value is -0.530. The van der Waals surface area contributed by atoms with Gasteiger partial charge in [0.25, 0.3) is 0 Å². The first-order valence-electron chi connectivity index (χ1n) is 7.57. The summed E-state index contributed by atoms with van der Waals surface area (Å²) in [5.41, 5.74) is 1.08. The Morgan fingerprint density at radius 1 is 1.48 bits per heavy atom. The highest BCUT2D eigenvalue weighted by molar-refractivity contribution is 7.09. The molecular formula is C15H27N3O2S. The Bertz CT molecular complexity index is 430. The van der Waals surface area contributed by atoms with Gasteiger partial charge < -0.3 is 9.84 Å². The van der Waals surface area contributed by atoms with E-state index >= 15 is 0 Å². The van der Waals surface area contributed by atoms with Crippen LogP contribution in [-0.4, -0.2) is 71.4 Å². The van der Waals surface area contributed by atoms with Crippen molar-refractivity contribution in [2.24, 2.45) is 0 Å². The summed E-state index contributed by atoms with van der Waals surface area (Å²) >= 11 is 1.67. The zero-order valence-electron chi connectivity index (χ0n) is 13.5.